The van der Waals surface area contributed by atoms with E-state index in [1.807, 2.05) is 32.0 Å². The number of aliphatic hydroxyl groups excluding tert-OH is 1. The van der Waals surface area contributed by atoms with E-state index in [0.717, 1.165) is 17.7 Å². The number of nitrogens with one attached hydrogen (secondary N) is 2. The third kappa shape index (κ3) is 3.95. The summed E-state index contributed by atoms with van der Waals surface area (Å²) in [5, 5.41) is 15.8. The van der Waals surface area contributed by atoms with Crippen molar-refractivity contribution in [1.29, 1.82) is 0 Å². The Morgan fingerprint density at radius 1 is 1.40 bits per heavy atom. The van der Waals surface area contributed by atoms with Crippen molar-refractivity contribution in [1.82, 2.24) is 5.32 Å². The molecule has 1 amide bonds. The minimum Gasteiger partial charge on any atom is -0.489 e. The van der Waals surface area contributed by atoms with Crippen LogP contribution in [0.15, 0.2) is 18.2 Å². The van der Waals surface area contributed by atoms with Crippen molar-refractivity contribution in [3.63, 3.8) is 0 Å². The average molecular weight is 278 g/mol. The zero-order chi connectivity index (χ0) is 14.5. The summed E-state index contributed by atoms with van der Waals surface area (Å²) >= 11 is 0. The molecule has 0 saturated carbocycles. The predicted octanol–water partition coefficient (Wildman–Crippen LogP) is 1.31. The summed E-state index contributed by atoms with van der Waals surface area (Å²) in [5.41, 5.74) is 1.82. The van der Waals surface area contributed by atoms with Gasteiger partial charge in [-0.25, -0.2) is 0 Å². The predicted molar refractivity (Wildman–Crippen MR) is 78.0 cm³/mol. The molecule has 1 atom stereocenters. The Labute approximate surface area is 119 Å². The fourth-order valence-corrected chi connectivity index (χ4v) is 2.11. The SMILES string of the molecule is CC(C)NCC(O)COc1cccc2c1NC(=O)CC2. The lowest BCUT2D eigenvalue weighted by molar-refractivity contribution is -0.116. The first-order chi connectivity index (χ1) is 9.56. The summed E-state index contributed by atoms with van der Waals surface area (Å²) < 4.78 is 5.64. The average Bonchev–Trinajstić information content (AvgIpc) is 2.42. The van der Waals surface area contributed by atoms with Gasteiger partial charge < -0.3 is 20.5 Å². The Balaban J connectivity index is 1.95. The van der Waals surface area contributed by atoms with E-state index in [0.29, 0.717) is 24.8 Å². The lowest BCUT2D eigenvalue weighted by Gasteiger charge is -2.21. The quantitative estimate of drug-likeness (QED) is 0.734. The number of rotatable bonds is 6. The Kier molecular flexibility index (Phi) is 4.98. The summed E-state index contributed by atoms with van der Waals surface area (Å²) in [6, 6.07) is 6.03. The minimum absolute atomic E-state index is 0.00979. The number of para-hydroxylation sites is 1. The van der Waals surface area contributed by atoms with Gasteiger partial charge in [0.1, 0.15) is 18.5 Å². The first-order valence-corrected chi connectivity index (χ1v) is 7.02. The van der Waals surface area contributed by atoms with Crippen molar-refractivity contribution in [2.75, 3.05) is 18.5 Å². The smallest absolute Gasteiger partial charge is 0.224 e. The normalized spacial score (nSPS) is 15.7. The number of anilines is 1. The second-order valence-electron chi connectivity index (χ2n) is 5.37. The molecule has 0 aliphatic carbocycles. The Bertz CT molecular complexity index is 474. The number of ether oxygens (including phenoxy) is 1. The summed E-state index contributed by atoms with van der Waals surface area (Å²) in [4.78, 5) is 11.5. The number of carbonyl (C=O) groups excluding carboxylic acids is 1. The molecule has 1 heterocycles. The lowest BCUT2D eigenvalue weighted by atomic mass is 10.0. The van der Waals surface area contributed by atoms with Gasteiger partial charge in [-0.3, -0.25) is 4.79 Å². The van der Waals surface area contributed by atoms with E-state index in [1.165, 1.54) is 0 Å². The molecular formula is C15H22N2O3. The van der Waals surface area contributed by atoms with Crippen LogP contribution >= 0.6 is 0 Å². The van der Waals surface area contributed by atoms with Gasteiger partial charge in [0.05, 0.1) is 5.69 Å². The molecule has 1 aliphatic rings. The van der Waals surface area contributed by atoms with Crippen molar-refractivity contribution in [2.24, 2.45) is 0 Å². The van der Waals surface area contributed by atoms with Crippen LogP contribution in [-0.4, -0.2) is 36.3 Å². The molecule has 2 rings (SSSR count). The van der Waals surface area contributed by atoms with E-state index in [4.69, 9.17) is 4.74 Å². The second-order valence-corrected chi connectivity index (χ2v) is 5.37. The van der Waals surface area contributed by atoms with Crippen LogP contribution in [0.3, 0.4) is 0 Å². The maximum Gasteiger partial charge on any atom is 0.224 e. The second kappa shape index (κ2) is 6.72. The van der Waals surface area contributed by atoms with E-state index in [9.17, 15) is 9.90 Å². The van der Waals surface area contributed by atoms with Gasteiger partial charge in [0.15, 0.2) is 0 Å². The third-order valence-electron chi connectivity index (χ3n) is 3.19. The molecule has 1 unspecified atom stereocenters. The van der Waals surface area contributed by atoms with Crippen LogP contribution in [0.2, 0.25) is 0 Å². The largest absolute Gasteiger partial charge is 0.489 e. The van der Waals surface area contributed by atoms with Gasteiger partial charge in [-0.15, -0.1) is 0 Å². The highest BCUT2D eigenvalue weighted by Crippen LogP contribution is 2.32. The first-order valence-electron chi connectivity index (χ1n) is 7.02. The molecule has 20 heavy (non-hydrogen) atoms. The number of hydrogen-bond acceptors (Lipinski definition) is 4. The van der Waals surface area contributed by atoms with Gasteiger partial charge in [0.25, 0.3) is 0 Å². The molecular weight excluding hydrogens is 256 g/mol. The van der Waals surface area contributed by atoms with Crippen LogP contribution in [0.4, 0.5) is 5.69 Å². The zero-order valence-electron chi connectivity index (χ0n) is 12.0. The molecule has 0 saturated heterocycles. The number of amides is 1. The number of aliphatic hydroxyl groups is 1. The maximum atomic E-state index is 11.5. The van der Waals surface area contributed by atoms with Gasteiger partial charge in [-0.2, -0.15) is 0 Å². The molecule has 1 aromatic carbocycles. The van der Waals surface area contributed by atoms with Crippen molar-refractivity contribution in [3.8, 4) is 5.75 Å². The fourth-order valence-electron chi connectivity index (χ4n) is 2.11. The lowest BCUT2D eigenvalue weighted by Crippen LogP contribution is -2.35. The van der Waals surface area contributed by atoms with Crippen LogP contribution in [-0.2, 0) is 11.2 Å². The third-order valence-corrected chi connectivity index (χ3v) is 3.19. The van der Waals surface area contributed by atoms with Gasteiger partial charge in [-0.1, -0.05) is 26.0 Å². The number of benzene rings is 1. The fraction of sp³-hybridized carbons (Fsp3) is 0.533. The summed E-state index contributed by atoms with van der Waals surface area (Å²) in [7, 11) is 0. The molecule has 0 radical (unpaired) electrons. The van der Waals surface area contributed by atoms with Crippen molar-refractivity contribution in [3.05, 3.63) is 23.8 Å². The molecule has 110 valence electrons. The van der Waals surface area contributed by atoms with E-state index in [2.05, 4.69) is 10.6 Å². The molecule has 0 fully saturated rings. The standard InChI is InChI=1S/C15H22N2O3/c1-10(2)16-8-12(18)9-20-13-5-3-4-11-6-7-14(19)17-15(11)13/h3-5,10,12,16,18H,6-9H2,1-2H3,(H,17,19). The van der Waals surface area contributed by atoms with E-state index in [1.54, 1.807) is 0 Å². The number of hydrogen-bond donors (Lipinski definition) is 3. The molecule has 1 aliphatic heterocycles. The molecule has 5 nitrogen and oxygen atoms in total. The van der Waals surface area contributed by atoms with Crippen molar-refractivity contribution >= 4 is 11.6 Å². The van der Waals surface area contributed by atoms with E-state index < -0.39 is 6.10 Å². The van der Waals surface area contributed by atoms with Crippen molar-refractivity contribution < 1.29 is 14.6 Å². The number of aryl methyl sites for hydroxylation is 1. The van der Waals surface area contributed by atoms with Crippen LogP contribution in [0.25, 0.3) is 0 Å². The highest BCUT2D eigenvalue weighted by atomic mass is 16.5. The number of carbonyl (C=O) groups is 1. The summed E-state index contributed by atoms with van der Waals surface area (Å²) in [5.74, 6) is 0.634. The number of fused-ring (bicyclic) bond motifs is 1. The topological polar surface area (TPSA) is 70.6 Å². The Morgan fingerprint density at radius 2 is 2.20 bits per heavy atom. The zero-order valence-corrected chi connectivity index (χ0v) is 12.0. The van der Waals surface area contributed by atoms with Gasteiger partial charge in [0, 0.05) is 19.0 Å². The molecule has 0 spiro atoms. The summed E-state index contributed by atoms with van der Waals surface area (Å²) in [6.07, 6.45) is 0.667. The van der Waals surface area contributed by atoms with Crippen LogP contribution < -0.4 is 15.4 Å². The summed E-state index contributed by atoms with van der Waals surface area (Å²) in [6.45, 7) is 4.73. The van der Waals surface area contributed by atoms with Gasteiger partial charge in [0.2, 0.25) is 5.91 Å². The highest BCUT2D eigenvalue weighted by Gasteiger charge is 2.18. The van der Waals surface area contributed by atoms with E-state index >= 15 is 0 Å². The minimum atomic E-state index is -0.576. The monoisotopic (exact) mass is 278 g/mol. The molecule has 0 aromatic heterocycles. The van der Waals surface area contributed by atoms with Crippen LogP contribution in [0.5, 0.6) is 5.75 Å². The first kappa shape index (κ1) is 14.8. The van der Waals surface area contributed by atoms with Gasteiger partial charge in [-0.05, 0) is 18.1 Å². The molecule has 1 aromatic rings. The molecule has 5 heteroatoms. The molecule has 0 bridgehead atoms. The van der Waals surface area contributed by atoms with Crippen LogP contribution in [0, 0.1) is 0 Å². The Morgan fingerprint density at radius 3 is 2.95 bits per heavy atom. The Hall–Kier alpha value is -1.59. The maximum absolute atomic E-state index is 11.5. The van der Waals surface area contributed by atoms with Crippen molar-refractivity contribution in [2.45, 2.75) is 38.8 Å². The van der Waals surface area contributed by atoms with E-state index in [-0.39, 0.29) is 12.5 Å². The molecule has 3 N–H and O–H groups in total. The van der Waals surface area contributed by atoms with Crippen LogP contribution in [0.1, 0.15) is 25.8 Å². The van der Waals surface area contributed by atoms with Gasteiger partial charge >= 0.3 is 0 Å². The highest BCUT2D eigenvalue weighted by molar-refractivity contribution is 5.95.